The Morgan fingerprint density at radius 3 is 2.33 bits per heavy atom. The van der Waals surface area contributed by atoms with Gasteiger partial charge in [-0.05, 0) is 40.2 Å². The van der Waals surface area contributed by atoms with Crippen LogP contribution in [-0.2, 0) is 10.0 Å². The van der Waals surface area contributed by atoms with Crippen molar-refractivity contribution < 1.29 is 17.2 Å². The highest BCUT2D eigenvalue weighted by Gasteiger charge is 2.25. The number of sulfonamides is 1. The lowest BCUT2D eigenvalue weighted by Crippen LogP contribution is -2.17. The van der Waals surface area contributed by atoms with Crippen LogP contribution in [0.15, 0.2) is 39.7 Å². The Bertz CT molecular complexity index is 792. The molecule has 2 rings (SSSR count). The van der Waals surface area contributed by atoms with Crippen molar-refractivity contribution in [1.29, 1.82) is 0 Å². The van der Waals surface area contributed by atoms with E-state index in [-0.39, 0.29) is 20.9 Å². The van der Waals surface area contributed by atoms with Gasteiger partial charge in [-0.3, -0.25) is 4.72 Å². The van der Waals surface area contributed by atoms with E-state index in [0.717, 1.165) is 12.1 Å². The molecule has 0 atom stereocenters. The highest BCUT2D eigenvalue weighted by atomic mass is 79.9. The normalized spacial score (nSPS) is 11.4. The topological polar surface area (TPSA) is 72.2 Å². The van der Waals surface area contributed by atoms with Gasteiger partial charge in [0.2, 0.25) is 0 Å². The molecule has 0 aliphatic rings. The molecule has 0 radical (unpaired) electrons. The fourth-order valence-corrected chi connectivity index (χ4v) is 3.48. The van der Waals surface area contributed by atoms with Crippen molar-refractivity contribution in [2.24, 2.45) is 0 Å². The van der Waals surface area contributed by atoms with Gasteiger partial charge >= 0.3 is 0 Å². The van der Waals surface area contributed by atoms with Crippen LogP contribution in [0.25, 0.3) is 0 Å². The predicted octanol–water partition coefficient (Wildman–Crippen LogP) is 3.76. The second-order valence-corrected chi connectivity index (χ2v) is 6.84. The van der Waals surface area contributed by atoms with E-state index in [2.05, 4.69) is 20.7 Å². The fourth-order valence-electron chi connectivity index (χ4n) is 1.61. The van der Waals surface area contributed by atoms with Crippen LogP contribution < -0.4 is 10.5 Å². The standard InChI is InChI=1S/C12H8BrClF2N2O2S/c13-11-7(14)2-1-3-10(11)18-21(19,20)12-8(15)4-6(17)5-9(12)16/h1-5,18H,17H2. The molecule has 2 aromatic carbocycles. The molecule has 2 aromatic rings. The second kappa shape index (κ2) is 5.78. The molecule has 0 bridgehead atoms. The molecule has 0 saturated heterocycles. The molecule has 112 valence electrons. The van der Waals surface area contributed by atoms with Crippen LogP contribution in [-0.4, -0.2) is 8.42 Å². The van der Waals surface area contributed by atoms with E-state index in [0.29, 0.717) is 0 Å². The molecular formula is C12H8BrClF2N2O2S. The van der Waals surface area contributed by atoms with Gasteiger partial charge in [-0.25, -0.2) is 17.2 Å². The van der Waals surface area contributed by atoms with Crippen molar-refractivity contribution >= 4 is 48.9 Å². The van der Waals surface area contributed by atoms with Crippen LogP contribution in [0.1, 0.15) is 0 Å². The zero-order chi connectivity index (χ0) is 15.8. The zero-order valence-corrected chi connectivity index (χ0v) is 13.4. The van der Waals surface area contributed by atoms with Crippen molar-refractivity contribution in [3.63, 3.8) is 0 Å². The molecule has 0 unspecified atom stereocenters. The third kappa shape index (κ3) is 3.28. The van der Waals surface area contributed by atoms with Crippen molar-refractivity contribution in [3.05, 3.63) is 51.5 Å². The molecule has 0 aliphatic heterocycles. The first-order valence-corrected chi connectivity index (χ1v) is 8.09. The average molecular weight is 398 g/mol. The number of halogens is 4. The number of benzene rings is 2. The molecule has 9 heteroatoms. The number of anilines is 2. The molecule has 0 aromatic heterocycles. The van der Waals surface area contributed by atoms with Crippen molar-refractivity contribution in [2.75, 3.05) is 10.5 Å². The molecule has 0 saturated carbocycles. The number of nitrogens with one attached hydrogen (secondary N) is 1. The first-order valence-electron chi connectivity index (χ1n) is 5.43. The van der Waals surface area contributed by atoms with Crippen molar-refractivity contribution in [3.8, 4) is 0 Å². The third-order valence-corrected chi connectivity index (χ3v) is 5.30. The molecule has 0 fully saturated rings. The summed E-state index contributed by atoms with van der Waals surface area (Å²) in [6.07, 6.45) is 0. The monoisotopic (exact) mass is 396 g/mol. The summed E-state index contributed by atoms with van der Waals surface area (Å²) in [4.78, 5) is -1.11. The Labute approximate surface area is 133 Å². The van der Waals surface area contributed by atoms with Gasteiger partial charge in [0.1, 0.15) is 11.6 Å². The number of rotatable bonds is 3. The van der Waals surface area contributed by atoms with Gasteiger partial charge in [0.05, 0.1) is 15.2 Å². The maximum Gasteiger partial charge on any atom is 0.267 e. The predicted molar refractivity (Wildman–Crippen MR) is 80.7 cm³/mol. The van der Waals surface area contributed by atoms with Gasteiger partial charge in [-0.2, -0.15) is 0 Å². The summed E-state index contributed by atoms with van der Waals surface area (Å²) in [5.74, 6) is -2.56. The lowest BCUT2D eigenvalue weighted by molar-refractivity contribution is 0.522. The van der Waals surface area contributed by atoms with Crippen LogP contribution in [0.4, 0.5) is 20.2 Å². The molecule has 0 aliphatic carbocycles. The summed E-state index contributed by atoms with van der Waals surface area (Å²) in [5.41, 5.74) is 5.09. The summed E-state index contributed by atoms with van der Waals surface area (Å²) in [7, 11) is -4.47. The summed E-state index contributed by atoms with van der Waals surface area (Å²) in [6.45, 7) is 0. The zero-order valence-electron chi connectivity index (χ0n) is 10.2. The largest absolute Gasteiger partial charge is 0.399 e. The molecular weight excluding hydrogens is 390 g/mol. The minimum atomic E-state index is -4.47. The Morgan fingerprint density at radius 1 is 1.19 bits per heavy atom. The quantitative estimate of drug-likeness (QED) is 0.775. The third-order valence-electron chi connectivity index (χ3n) is 2.49. The Kier molecular flexibility index (Phi) is 4.40. The van der Waals surface area contributed by atoms with Crippen LogP contribution >= 0.6 is 27.5 Å². The molecule has 0 amide bonds. The average Bonchev–Trinajstić information content (AvgIpc) is 2.33. The van der Waals surface area contributed by atoms with E-state index in [1.807, 2.05) is 0 Å². The molecule has 0 heterocycles. The number of hydrogen-bond donors (Lipinski definition) is 2. The van der Waals surface area contributed by atoms with E-state index in [1.54, 1.807) is 0 Å². The Hall–Kier alpha value is -1.38. The maximum atomic E-state index is 13.7. The van der Waals surface area contributed by atoms with Crippen LogP contribution in [0, 0.1) is 11.6 Å². The number of nitrogen functional groups attached to an aromatic ring is 1. The van der Waals surface area contributed by atoms with Gasteiger partial charge in [0.15, 0.2) is 4.90 Å². The van der Waals surface area contributed by atoms with Crippen molar-refractivity contribution in [2.45, 2.75) is 4.90 Å². The van der Waals surface area contributed by atoms with Crippen LogP contribution in [0.5, 0.6) is 0 Å². The van der Waals surface area contributed by atoms with Gasteiger partial charge in [0, 0.05) is 5.69 Å². The lowest BCUT2D eigenvalue weighted by Gasteiger charge is -2.12. The maximum absolute atomic E-state index is 13.7. The van der Waals surface area contributed by atoms with E-state index < -0.39 is 26.6 Å². The second-order valence-electron chi connectivity index (χ2n) is 4.02. The van der Waals surface area contributed by atoms with E-state index in [9.17, 15) is 17.2 Å². The van der Waals surface area contributed by atoms with E-state index >= 15 is 0 Å². The SMILES string of the molecule is Nc1cc(F)c(S(=O)(=O)Nc2cccc(Cl)c2Br)c(F)c1. The fraction of sp³-hybridized carbons (Fsp3) is 0. The number of nitrogens with two attached hydrogens (primary N) is 1. The molecule has 21 heavy (non-hydrogen) atoms. The Morgan fingerprint density at radius 2 is 1.76 bits per heavy atom. The Balaban J connectivity index is 2.51. The minimum Gasteiger partial charge on any atom is -0.399 e. The first-order chi connectivity index (χ1) is 9.72. The van der Waals surface area contributed by atoms with Gasteiger partial charge < -0.3 is 5.73 Å². The minimum absolute atomic E-state index is 0.0538. The summed E-state index contributed by atoms with van der Waals surface area (Å²) in [5, 5.41) is 0.244. The van der Waals surface area contributed by atoms with E-state index in [1.165, 1.54) is 18.2 Å². The van der Waals surface area contributed by atoms with Gasteiger partial charge in [-0.1, -0.05) is 17.7 Å². The van der Waals surface area contributed by atoms with Crippen LogP contribution in [0.2, 0.25) is 5.02 Å². The van der Waals surface area contributed by atoms with Crippen molar-refractivity contribution in [1.82, 2.24) is 0 Å². The number of hydrogen-bond acceptors (Lipinski definition) is 3. The summed E-state index contributed by atoms with van der Waals surface area (Å²) < 4.78 is 54.0. The molecule has 0 spiro atoms. The van der Waals surface area contributed by atoms with E-state index in [4.69, 9.17) is 17.3 Å². The smallest absolute Gasteiger partial charge is 0.267 e. The van der Waals surface area contributed by atoms with Crippen LogP contribution in [0.3, 0.4) is 0 Å². The lowest BCUT2D eigenvalue weighted by atomic mass is 10.3. The highest BCUT2D eigenvalue weighted by Crippen LogP contribution is 2.32. The summed E-state index contributed by atoms with van der Waals surface area (Å²) >= 11 is 8.91. The van der Waals surface area contributed by atoms with Gasteiger partial charge in [0.25, 0.3) is 10.0 Å². The highest BCUT2D eigenvalue weighted by molar-refractivity contribution is 9.10. The molecule has 3 N–H and O–H groups in total. The summed E-state index contributed by atoms with van der Waals surface area (Å²) in [6, 6.07) is 5.85. The molecule has 4 nitrogen and oxygen atoms in total. The van der Waals surface area contributed by atoms with Gasteiger partial charge in [-0.15, -0.1) is 0 Å². The first kappa shape index (κ1) is 16.0.